The van der Waals surface area contributed by atoms with Crippen LogP contribution in [0.15, 0.2) is 41.4 Å². The lowest BCUT2D eigenvalue weighted by Crippen LogP contribution is -2.14. The highest BCUT2D eigenvalue weighted by Crippen LogP contribution is 2.20. The fraction of sp³-hybridized carbons (Fsp3) is 0.294. The molecule has 0 atom stereocenters. The molecule has 5 nitrogen and oxygen atoms in total. The number of nitrogens with zero attached hydrogens (tertiary/aromatic N) is 4. The molecule has 6 heteroatoms. The van der Waals surface area contributed by atoms with E-state index in [0.29, 0.717) is 0 Å². The van der Waals surface area contributed by atoms with Crippen molar-refractivity contribution < 1.29 is 0 Å². The molecule has 2 aromatic heterocycles. The van der Waals surface area contributed by atoms with Crippen LogP contribution in [0, 0.1) is 13.8 Å². The van der Waals surface area contributed by atoms with Gasteiger partial charge in [0.05, 0.1) is 16.5 Å². The van der Waals surface area contributed by atoms with E-state index in [1.807, 2.05) is 28.8 Å². The maximum absolute atomic E-state index is 4.50. The summed E-state index contributed by atoms with van der Waals surface area (Å²) in [5.41, 5.74) is 5.83. The van der Waals surface area contributed by atoms with Gasteiger partial charge in [-0.1, -0.05) is 12.1 Å². The van der Waals surface area contributed by atoms with Crippen molar-refractivity contribution in [2.45, 2.75) is 26.9 Å². The number of imidazole rings is 1. The molecule has 0 spiro atoms. The highest BCUT2D eigenvalue weighted by Gasteiger charge is 2.09. The molecule has 0 saturated heterocycles. The summed E-state index contributed by atoms with van der Waals surface area (Å²) in [6, 6.07) is 6.49. The minimum Gasteiger partial charge on any atom is -0.307 e. The van der Waals surface area contributed by atoms with Gasteiger partial charge in [0, 0.05) is 43.9 Å². The molecule has 3 aromatic rings. The lowest BCUT2D eigenvalue weighted by molar-refractivity contribution is 0.652. The lowest BCUT2D eigenvalue weighted by atomic mass is 10.1. The highest BCUT2D eigenvalue weighted by molar-refractivity contribution is 9.10. The standard InChI is InChI=1S/C17H20BrN5/c1-12-8-14(4-5-16(12)23-7-6-19-11-23)9-20-10-15-17(18)13(2)22(3)21-15/h4-8,11,20H,9-10H2,1-3H3. The molecular formula is C17H20BrN5. The van der Waals surface area contributed by atoms with E-state index in [1.54, 1.807) is 6.20 Å². The summed E-state index contributed by atoms with van der Waals surface area (Å²) >= 11 is 3.60. The first-order valence-corrected chi connectivity index (χ1v) is 8.32. The third kappa shape index (κ3) is 3.38. The lowest BCUT2D eigenvalue weighted by Gasteiger charge is -2.10. The summed E-state index contributed by atoms with van der Waals surface area (Å²) in [5, 5.41) is 7.96. The van der Waals surface area contributed by atoms with E-state index in [0.717, 1.165) is 34.6 Å². The van der Waals surface area contributed by atoms with Crippen LogP contribution in [-0.2, 0) is 20.1 Å². The van der Waals surface area contributed by atoms with E-state index >= 15 is 0 Å². The molecule has 0 aliphatic rings. The number of aromatic nitrogens is 4. The first kappa shape index (κ1) is 16.0. The Balaban J connectivity index is 1.65. The Morgan fingerprint density at radius 2 is 2.04 bits per heavy atom. The number of rotatable bonds is 5. The van der Waals surface area contributed by atoms with E-state index in [2.05, 4.69) is 63.4 Å². The second-order valence-electron chi connectivity index (χ2n) is 5.66. The van der Waals surface area contributed by atoms with Crippen LogP contribution >= 0.6 is 15.9 Å². The SMILES string of the molecule is Cc1cc(CNCc2nn(C)c(C)c2Br)ccc1-n1ccnc1. The summed E-state index contributed by atoms with van der Waals surface area (Å²) < 4.78 is 5.00. The Morgan fingerprint density at radius 3 is 2.65 bits per heavy atom. The van der Waals surface area contributed by atoms with Crippen molar-refractivity contribution in [3.8, 4) is 5.69 Å². The van der Waals surface area contributed by atoms with Crippen LogP contribution in [0.4, 0.5) is 0 Å². The predicted octanol–water partition coefficient (Wildman–Crippen LogP) is 3.27. The largest absolute Gasteiger partial charge is 0.307 e. The molecule has 0 radical (unpaired) electrons. The van der Waals surface area contributed by atoms with Crippen molar-refractivity contribution in [3.05, 3.63) is 63.9 Å². The highest BCUT2D eigenvalue weighted by atomic mass is 79.9. The molecule has 0 bridgehead atoms. The van der Waals surface area contributed by atoms with Crippen molar-refractivity contribution in [2.24, 2.45) is 7.05 Å². The van der Waals surface area contributed by atoms with E-state index in [9.17, 15) is 0 Å². The predicted molar refractivity (Wildman–Crippen MR) is 94.5 cm³/mol. The van der Waals surface area contributed by atoms with Gasteiger partial charge in [-0.25, -0.2) is 4.98 Å². The number of hydrogen-bond acceptors (Lipinski definition) is 3. The smallest absolute Gasteiger partial charge is 0.0991 e. The summed E-state index contributed by atoms with van der Waals surface area (Å²) in [7, 11) is 1.96. The Kier molecular flexibility index (Phi) is 4.63. The van der Waals surface area contributed by atoms with Crippen molar-refractivity contribution in [1.29, 1.82) is 0 Å². The minimum atomic E-state index is 0.741. The average Bonchev–Trinajstić information content (AvgIpc) is 3.13. The van der Waals surface area contributed by atoms with E-state index < -0.39 is 0 Å². The van der Waals surface area contributed by atoms with Gasteiger partial charge in [-0.2, -0.15) is 5.10 Å². The van der Waals surface area contributed by atoms with Gasteiger partial charge in [0.15, 0.2) is 0 Å². The van der Waals surface area contributed by atoms with Crippen LogP contribution in [0.5, 0.6) is 0 Å². The number of aryl methyl sites for hydroxylation is 2. The first-order chi connectivity index (χ1) is 11.1. The number of halogens is 1. The summed E-state index contributed by atoms with van der Waals surface area (Å²) in [4.78, 5) is 4.10. The van der Waals surface area contributed by atoms with E-state index in [1.165, 1.54) is 11.1 Å². The number of nitrogens with one attached hydrogen (secondary N) is 1. The molecule has 0 aliphatic carbocycles. The second kappa shape index (κ2) is 6.68. The van der Waals surface area contributed by atoms with Crippen LogP contribution < -0.4 is 5.32 Å². The van der Waals surface area contributed by atoms with Crippen LogP contribution in [0.3, 0.4) is 0 Å². The normalized spacial score (nSPS) is 11.1. The zero-order valence-corrected chi connectivity index (χ0v) is 15.1. The monoisotopic (exact) mass is 373 g/mol. The first-order valence-electron chi connectivity index (χ1n) is 7.53. The molecule has 23 heavy (non-hydrogen) atoms. The quantitative estimate of drug-likeness (QED) is 0.746. The van der Waals surface area contributed by atoms with Gasteiger partial charge in [0.2, 0.25) is 0 Å². The zero-order valence-electron chi connectivity index (χ0n) is 13.5. The van der Waals surface area contributed by atoms with Crippen LogP contribution in [0.25, 0.3) is 5.69 Å². The van der Waals surface area contributed by atoms with Crippen molar-refractivity contribution in [2.75, 3.05) is 0 Å². The van der Waals surface area contributed by atoms with Gasteiger partial charge < -0.3 is 9.88 Å². The van der Waals surface area contributed by atoms with Crippen LogP contribution in [0.1, 0.15) is 22.5 Å². The third-order valence-corrected chi connectivity index (χ3v) is 5.02. The van der Waals surface area contributed by atoms with Crippen molar-refractivity contribution >= 4 is 15.9 Å². The van der Waals surface area contributed by atoms with Gasteiger partial charge >= 0.3 is 0 Å². The molecule has 0 amide bonds. The maximum Gasteiger partial charge on any atom is 0.0991 e. The molecule has 1 aromatic carbocycles. The average molecular weight is 374 g/mol. The molecule has 0 unspecified atom stereocenters. The Labute approximate surface area is 144 Å². The molecule has 120 valence electrons. The summed E-state index contributed by atoms with van der Waals surface area (Å²) in [6.07, 6.45) is 5.57. The van der Waals surface area contributed by atoms with Gasteiger partial charge in [-0.05, 0) is 47.0 Å². The molecule has 0 fully saturated rings. The molecule has 2 heterocycles. The Bertz CT molecular complexity index is 805. The van der Waals surface area contributed by atoms with Gasteiger partial charge in [0.25, 0.3) is 0 Å². The minimum absolute atomic E-state index is 0.741. The van der Waals surface area contributed by atoms with Gasteiger partial charge in [-0.15, -0.1) is 0 Å². The Morgan fingerprint density at radius 1 is 1.22 bits per heavy atom. The number of hydrogen-bond donors (Lipinski definition) is 1. The molecule has 1 N–H and O–H groups in total. The van der Waals surface area contributed by atoms with E-state index in [4.69, 9.17) is 0 Å². The van der Waals surface area contributed by atoms with E-state index in [-0.39, 0.29) is 0 Å². The second-order valence-corrected chi connectivity index (χ2v) is 6.46. The fourth-order valence-electron chi connectivity index (χ4n) is 2.61. The molecule has 0 saturated carbocycles. The number of benzene rings is 1. The fourth-order valence-corrected chi connectivity index (χ4v) is 3.08. The maximum atomic E-state index is 4.50. The van der Waals surface area contributed by atoms with Gasteiger partial charge in [-0.3, -0.25) is 4.68 Å². The summed E-state index contributed by atoms with van der Waals surface area (Å²) in [5.74, 6) is 0. The van der Waals surface area contributed by atoms with Gasteiger partial charge in [0.1, 0.15) is 0 Å². The Hall–Kier alpha value is -1.92. The van der Waals surface area contributed by atoms with Crippen molar-refractivity contribution in [3.63, 3.8) is 0 Å². The molecule has 3 rings (SSSR count). The molecular weight excluding hydrogens is 354 g/mol. The summed E-state index contributed by atoms with van der Waals surface area (Å²) in [6.45, 7) is 5.73. The zero-order chi connectivity index (χ0) is 16.4. The topological polar surface area (TPSA) is 47.7 Å². The van der Waals surface area contributed by atoms with Crippen LogP contribution in [-0.4, -0.2) is 19.3 Å². The van der Waals surface area contributed by atoms with Crippen LogP contribution in [0.2, 0.25) is 0 Å². The van der Waals surface area contributed by atoms with Crippen molar-refractivity contribution in [1.82, 2.24) is 24.6 Å². The molecule has 0 aliphatic heterocycles. The third-order valence-electron chi connectivity index (χ3n) is 3.99.